The number of hydrogen-bond acceptors (Lipinski definition) is 5. The van der Waals surface area contributed by atoms with Crippen molar-refractivity contribution in [1.29, 1.82) is 0 Å². The second kappa shape index (κ2) is 8.12. The van der Waals surface area contributed by atoms with Crippen molar-refractivity contribution in [3.05, 3.63) is 60.7 Å². The third kappa shape index (κ3) is 3.62. The number of fused-ring (bicyclic) bond motifs is 1. The van der Waals surface area contributed by atoms with Gasteiger partial charge >= 0.3 is 0 Å². The van der Waals surface area contributed by atoms with E-state index in [2.05, 4.69) is 74.9 Å². The average Bonchev–Trinajstić information content (AvgIpc) is 3.50. The molecule has 1 aliphatic heterocycles. The summed E-state index contributed by atoms with van der Waals surface area (Å²) in [6.07, 6.45) is 7.78. The largest absolute Gasteiger partial charge is 0.367 e. The molecule has 0 bridgehead atoms. The van der Waals surface area contributed by atoms with Gasteiger partial charge in [-0.05, 0) is 37.7 Å². The molecular formula is C24H28N8. The summed E-state index contributed by atoms with van der Waals surface area (Å²) in [5.41, 5.74) is 7.03. The van der Waals surface area contributed by atoms with Crippen LogP contribution in [0.15, 0.2) is 49.3 Å². The molecule has 0 radical (unpaired) electrons. The Balaban J connectivity index is 1.54. The van der Waals surface area contributed by atoms with Crippen molar-refractivity contribution in [3.63, 3.8) is 0 Å². The van der Waals surface area contributed by atoms with Crippen LogP contribution in [0.5, 0.6) is 0 Å². The predicted octanol–water partition coefficient (Wildman–Crippen LogP) is 3.44. The van der Waals surface area contributed by atoms with E-state index in [-0.39, 0.29) is 0 Å². The van der Waals surface area contributed by atoms with Gasteiger partial charge in [-0.15, -0.1) is 0 Å². The molecule has 4 aromatic rings. The van der Waals surface area contributed by atoms with Crippen LogP contribution in [-0.4, -0.2) is 73.0 Å². The van der Waals surface area contributed by atoms with Gasteiger partial charge in [-0.2, -0.15) is 10.2 Å². The number of aryl methyl sites for hydroxylation is 2. The molecule has 0 amide bonds. The number of benzene rings is 1. The molecular weight excluding hydrogens is 400 g/mol. The standard InChI is InChI=1S/C24H28N8/c1-5-6-21(32-11-9-30(3)10-12-32)22-16(2)26-24(27-22)23-19-13-17(7-8-20(19)28-29-23)18-14-25-31(4)15-18/h5-8,13-15H,1,9-12H2,2-4H3,(H,26,27)(H,28,29)/b21-6+. The van der Waals surface area contributed by atoms with Gasteiger partial charge in [-0.3, -0.25) is 9.78 Å². The zero-order chi connectivity index (χ0) is 22.2. The zero-order valence-electron chi connectivity index (χ0n) is 18.8. The van der Waals surface area contributed by atoms with Crippen molar-refractivity contribution in [2.75, 3.05) is 33.2 Å². The topological polar surface area (TPSA) is 81.7 Å². The Kier molecular flexibility index (Phi) is 5.14. The molecule has 0 aliphatic carbocycles. The first-order valence-corrected chi connectivity index (χ1v) is 10.8. The van der Waals surface area contributed by atoms with Gasteiger partial charge in [0.2, 0.25) is 0 Å². The molecule has 2 N–H and O–H groups in total. The van der Waals surface area contributed by atoms with Gasteiger partial charge in [-0.1, -0.05) is 18.7 Å². The highest BCUT2D eigenvalue weighted by atomic mass is 15.3. The monoisotopic (exact) mass is 428 g/mol. The number of aromatic amines is 2. The lowest BCUT2D eigenvalue weighted by atomic mass is 10.1. The highest BCUT2D eigenvalue weighted by Crippen LogP contribution is 2.31. The maximum atomic E-state index is 5.00. The third-order valence-corrected chi connectivity index (χ3v) is 6.07. The van der Waals surface area contributed by atoms with Crippen molar-refractivity contribution in [2.45, 2.75) is 6.92 Å². The van der Waals surface area contributed by atoms with Gasteiger partial charge in [-0.25, -0.2) is 4.98 Å². The van der Waals surface area contributed by atoms with E-state index in [1.54, 1.807) is 0 Å². The Morgan fingerprint density at radius 1 is 1.12 bits per heavy atom. The van der Waals surface area contributed by atoms with E-state index in [1.165, 1.54) is 0 Å². The first-order valence-electron chi connectivity index (χ1n) is 10.8. The molecule has 8 heteroatoms. The fourth-order valence-corrected chi connectivity index (χ4v) is 4.26. The molecule has 0 saturated carbocycles. The summed E-state index contributed by atoms with van der Waals surface area (Å²) in [4.78, 5) is 13.2. The molecule has 8 nitrogen and oxygen atoms in total. The first-order chi connectivity index (χ1) is 15.5. The minimum Gasteiger partial charge on any atom is -0.367 e. The van der Waals surface area contributed by atoms with E-state index in [0.29, 0.717) is 0 Å². The van der Waals surface area contributed by atoms with E-state index in [0.717, 1.165) is 76.8 Å². The molecule has 32 heavy (non-hydrogen) atoms. The van der Waals surface area contributed by atoms with Crippen LogP contribution in [-0.2, 0) is 7.05 Å². The Labute approximate surface area is 187 Å². The molecule has 1 aliphatic rings. The number of rotatable bonds is 5. The second-order valence-electron chi connectivity index (χ2n) is 8.37. The molecule has 4 heterocycles. The Hall–Kier alpha value is -3.65. The lowest BCUT2D eigenvalue weighted by molar-refractivity contribution is 0.207. The van der Waals surface area contributed by atoms with Gasteiger partial charge < -0.3 is 14.8 Å². The number of aromatic nitrogens is 6. The minimum absolute atomic E-state index is 0.760. The number of likely N-dealkylation sites (N-methyl/N-ethyl adjacent to an activating group) is 1. The van der Waals surface area contributed by atoms with E-state index in [9.17, 15) is 0 Å². The fraction of sp³-hybridized carbons (Fsp3) is 0.292. The van der Waals surface area contributed by atoms with Crippen molar-refractivity contribution in [3.8, 4) is 22.6 Å². The lowest BCUT2D eigenvalue weighted by Crippen LogP contribution is -2.43. The number of hydrogen-bond donors (Lipinski definition) is 2. The maximum Gasteiger partial charge on any atom is 0.159 e. The molecule has 1 fully saturated rings. The molecule has 1 aromatic carbocycles. The van der Waals surface area contributed by atoms with Gasteiger partial charge in [0.25, 0.3) is 0 Å². The summed E-state index contributed by atoms with van der Waals surface area (Å²) in [5.74, 6) is 0.760. The lowest BCUT2D eigenvalue weighted by Gasteiger charge is -2.35. The van der Waals surface area contributed by atoms with E-state index in [1.807, 2.05) is 30.2 Å². The van der Waals surface area contributed by atoms with Crippen molar-refractivity contribution < 1.29 is 0 Å². The van der Waals surface area contributed by atoms with Crippen LogP contribution in [0.3, 0.4) is 0 Å². The molecule has 1 saturated heterocycles. The summed E-state index contributed by atoms with van der Waals surface area (Å²) in [7, 11) is 4.09. The minimum atomic E-state index is 0.760. The Morgan fingerprint density at radius 2 is 1.94 bits per heavy atom. The molecule has 164 valence electrons. The molecule has 0 unspecified atom stereocenters. The Bertz CT molecular complexity index is 1300. The number of allylic oxidation sites excluding steroid dienone is 2. The van der Waals surface area contributed by atoms with E-state index < -0.39 is 0 Å². The zero-order valence-corrected chi connectivity index (χ0v) is 18.8. The van der Waals surface area contributed by atoms with Crippen LogP contribution in [0.2, 0.25) is 0 Å². The van der Waals surface area contributed by atoms with E-state index >= 15 is 0 Å². The Morgan fingerprint density at radius 3 is 2.66 bits per heavy atom. The van der Waals surface area contributed by atoms with Gasteiger partial charge in [0.1, 0.15) is 11.4 Å². The second-order valence-corrected chi connectivity index (χ2v) is 8.37. The van der Waals surface area contributed by atoms with Crippen LogP contribution in [0, 0.1) is 6.92 Å². The normalized spacial score (nSPS) is 15.6. The SMILES string of the molecule is C=C/C=C(\c1nc(-c2n[nH]c3ccc(-c4cnn(C)c4)cc23)[nH]c1C)N1CCN(C)CC1. The maximum absolute atomic E-state index is 5.00. The highest BCUT2D eigenvalue weighted by Gasteiger charge is 2.22. The quantitative estimate of drug-likeness (QED) is 0.476. The van der Waals surface area contributed by atoms with Crippen LogP contribution >= 0.6 is 0 Å². The first kappa shape index (κ1) is 20.3. The summed E-state index contributed by atoms with van der Waals surface area (Å²) in [6.45, 7) is 10.00. The van der Waals surface area contributed by atoms with Gasteiger partial charge in [0.05, 0.1) is 17.4 Å². The number of piperazine rings is 1. The van der Waals surface area contributed by atoms with Crippen molar-refractivity contribution in [2.24, 2.45) is 7.05 Å². The molecule has 0 atom stereocenters. The van der Waals surface area contributed by atoms with Crippen LogP contribution in [0.1, 0.15) is 11.4 Å². The average molecular weight is 429 g/mol. The smallest absolute Gasteiger partial charge is 0.159 e. The highest BCUT2D eigenvalue weighted by molar-refractivity contribution is 5.94. The fourth-order valence-electron chi connectivity index (χ4n) is 4.26. The summed E-state index contributed by atoms with van der Waals surface area (Å²) in [5, 5.41) is 13.1. The van der Waals surface area contributed by atoms with Crippen LogP contribution in [0.4, 0.5) is 0 Å². The predicted molar refractivity (Wildman–Crippen MR) is 128 cm³/mol. The van der Waals surface area contributed by atoms with Crippen molar-refractivity contribution >= 4 is 16.6 Å². The summed E-state index contributed by atoms with van der Waals surface area (Å²) < 4.78 is 1.81. The van der Waals surface area contributed by atoms with Crippen LogP contribution in [0.25, 0.3) is 39.2 Å². The van der Waals surface area contributed by atoms with Crippen molar-refractivity contribution in [1.82, 2.24) is 39.7 Å². The molecule has 3 aromatic heterocycles. The number of nitrogens with zero attached hydrogens (tertiary/aromatic N) is 6. The van der Waals surface area contributed by atoms with Gasteiger partial charge in [0.15, 0.2) is 5.82 Å². The van der Waals surface area contributed by atoms with Gasteiger partial charge in [0, 0.05) is 56.1 Å². The number of nitrogens with one attached hydrogen (secondary N) is 2. The molecule has 0 spiro atoms. The van der Waals surface area contributed by atoms with E-state index in [4.69, 9.17) is 4.98 Å². The van der Waals surface area contributed by atoms with Crippen LogP contribution < -0.4 is 0 Å². The summed E-state index contributed by atoms with van der Waals surface area (Å²) >= 11 is 0. The molecule has 5 rings (SSSR count). The third-order valence-electron chi connectivity index (χ3n) is 6.07. The summed E-state index contributed by atoms with van der Waals surface area (Å²) in [6, 6.07) is 6.28. The number of imidazole rings is 1. The number of H-pyrrole nitrogens is 2.